The van der Waals surface area contributed by atoms with Gasteiger partial charge in [0.25, 0.3) is 0 Å². The Labute approximate surface area is 181 Å². The molecule has 0 amide bonds. The summed E-state index contributed by atoms with van der Waals surface area (Å²) in [6, 6.07) is 11.1. The zero-order valence-corrected chi connectivity index (χ0v) is 19.1. The molecule has 1 aromatic carbocycles. The van der Waals surface area contributed by atoms with E-state index in [1.807, 2.05) is 7.05 Å². The first-order valence-corrected chi connectivity index (χ1v) is 10.0. The number of nitrogens with zero attached hydrogens (tertiary/aromatic N) is 4. The van der Waals surface area contributed by atoms with E-state index in [2.05, 4.69) is 67.6 Å². The van der Waals surface area contributed by atoms with Gasteiger partial charge in [-0.1, -0.05) is 25.1 Å². The number of hydrogen-bond donors (Lipinski definition) is 2. The summed E-state index contributed by atoms with van der Waals surface area (Å²) in [6.45, 7) is 12.3. The third-order valence-corrected chi connectivity index (χ3v) is 5.51. The van der Waals surface area contributed by atoms with Crippen LogP contribution in [0.5, 0.6) is 0 Å². The summed E-state index contributed by atoms with van der Waals surface area (Å²) in [5.41, 5.74) is 1.31. The van der Waals surface area contributed by atoms with Crippen molar-refractivity contribution >= 4 is 35.6 Å². The van der Waals surface area contributed by atoms with Crippen LogP contribution in [0.3, 0.4) is 0 Å². The van der Waals surface area contributed by atoms with Gasteiger partial charge in [0.15, 0.2) is 5.96 Å². The lowest BCUT2D eigenvalue weighted by Crippen LogP contribution is -2.50. The van der Waals surface area contributed by atoms with Crippen LogP contribution in [0.4, 0.5) is 5.69 Å². The number of guanidine groups is 1. The van der Waals surface area contributed by atoms with Crippen molar-refractivity contribution in [1.82, 2.24) is 20.4 Å². The van der Waals surface area contributed by atoms with E-state index in [1.165, 1.54) is 38.4 Å². The minimum absolute atomic E-state index is 0. The number of hydrogen-bond acceptors (Lipinski definition) is 4. The van der Waals surface area contributed by atoms with Gasteiger partial charge in [0, 0.05) is 71.1 Å². The molecule has 1 unspecified atom stereocenters. The van der Waals surface area contributed by atoms with Crippen LogP contribution in [0.2, 0.25) is 0 Å². The molecular weight excluding hydrogens is 451 g/mol. The van der Waals surface area contributed by atoms with Gasteiger partial charge < -0.3 is 20.4 Å². The topological polar surface area (TPSA) is 46.1 Å². The molecule has 6 nitrogen and oxygen atoms in total. The zero-order valence-electron chi connectivity index (χ0n) is 16.7. The molecule has 1 aromatic rings. The van der Waals surface area contributed by atoms with Crippen molar-refractivity contribution < 1.29 is 0 Å². The highest BCUT2D eigenvalue weighted by molar-refractivity contribution is 14.0. The van der Waals surface area contributed by atoms with Crippen LogP contribution in [-0.4, -0.2) is 87.8 Å². The van der Waals surface area contributed by atoms with Crippen LogP contribution < -0.4 is 15.5 Å². The summed E-state index contributed by atoms with van der Waals surface area (Å²) < 4.78 is 0. The number of rotatable bonds is 6. The Bertz CT molecular complexity index is 559. The van der Waals surface area contributed by atoms with E-state index in [4.69, 9.17) is 0 Å². The van der Waals surface area contributed by atoms with Crippen LogP contribution in [0.25, 0.3) is 0 Å². The van der Waals surface area contributed by atoms with Crippen molar-refractivity contribution in [3.63, 3.8) is 0 Å². The summed E-state index contributed by atoms with van der Waals surface area (Å²) in [6.07, 6.45) is 1.15. The average molecular weight is 486 g/mol. The van der Waals surface area contributed by atoms with Gasteiger partial charge in [0.1, 0.15) is 0 Å². The molecule has 2 aliphatic rings. The van der Waals surface area contributed by atoms with Crippen LogP contribution >= 0.6 is 24.0 Å². The average Bonchev–Trinajstić information content (AvgIpc) is 3.17. The van der Waals surface area contributed by atoms with E-state index in [0.29, 0.717) is 6.04 Å². The lowest BCUT2D eigenvalue weighted by molar-refractivity contribution is 0.139. The Balaban J connectivity index is 0.00000261. The number of para-hydroxylation sites is 1. The van der Waals surface area contributed by atoms with Crippen LogP contribution in [0.1, 0.15) is 13.3 Å². The minimum Gasteiger partial charge on any atom is -0.369 e. The molecule has 0 saturated carbocycles. The van der Waals surface area contributed by atoms with Gasteiger partial charge in [-0.25, -0.2) is 0 Å². The lowest BCUT2D eigenvalue weighted by Gasteiger charge is -2.34. The van der Waals surface area contributed by atoms with Crippen molar-refractivity contribution in [1.29, 1.82) is 0 Å². The largest absolute Gasteiger partial charge is 0.369 e. The molecule has 0 radical (unpaired) electrons. The predicted molar refractivity (Wildman–Crippen MR) is 126 cm³/mol. The van der Waals surface area contributed by atoms with E-state index < -0.39 is 0 Å². The maximum Gasteiger partial charge on any atom is 0.191 e. The van der Waals surface area contributed by atoms with Gasteiger partial charge in [-0.05, 0) is 25.1 Å². The normalized spacial score (nSPS) is 21.8. The van der Waals surface area contributed by atoms with Gasteiger partial charge in [-0.15, -0.1) is 24.0 Å². The molecule has 0 spiro atoms. The van der Waals surface area contributed by atoms with Crippen LogP contribution in [0.15, 0.2) is 35.3 Å². The van der Waals surface area contributed by atoms with Crippen molar-refractivity contribution in [3.05, 3.63) is 30.3 Å². The number of nitrogens with one attached hydrogen (secondary N) is 2. The summed E-state index contributed by atoms with van der Waals surface area (Å²) in [5.74, 6) is 0.928. The molecular formula is C20H35IN6. The molecule has 0 aliphatic carbocycles. The molecule has 152 valence electrons. The maximum atomic E-state index is 4.41. The molecule has 2 fully saturated rings. The predicted octanol–water partition coefficient (Wildman–Crippen LogP) is 1.69. The summed E-state index contributed by atoms with van der Waals surface area (Å²) >= 11 is 0. The second-order valence-electron chi connectivity index (χ2n) is 7.19. The first-order valence-electron chi connectivity index (χ1n) is 10.0. The van der Waals surface area contributed by atoms with E-state index in [0.717, 1.165) is 38.6 Å². The van der Waals surface area contributed by atoms with Crippen LogP contribution in [0, 0.1) is 0 Å². The maximum absolute atomic E-state index is 4.41. The Hall–Kier alpha value is -1.06. The van der Waals surface area contributed by atoms with Gasteiger partial charge in [-0.2, -0.15) is 0 Å². The molecule has 2 aliphatic heterocycles. The number of benzene rings is 1. The van der Waals surface area contributed by atoms with E-state index in [-0.39, 0.29) is 24.0 Å². The van der Waals surface area contributed by atoms with Crippen LogP contribution in [-0.2, 0) is 0 Å². The van der Waals surface area contributed by atoms with E-state index in [1.54, 1.807) is 0 Å². The number of likely N-dealkylation sites (N-methyl/N-ethyl adjacent to an activating group) is 1. The second-order valence-corrected chi connectivity index (χ2v) is 7.19. The Kier molecular flexibility index (Phi) is 9.64. The Morgan fingerprint density at radius 1 is 1.07 bits per heavy atom. The summed E-state index contributed by atoms with van der Waals surface area (Å²) in [7, 11) is 1.86. The highest BCUT2D eigenvalue weighted by atomic mass is 127. The zero-order chi connectivity index (χ0) is 18.2. The van der Waals surface area contributed by atoms with Gasteiger partial charge >= 0.3 is 0 Å². The Morgan fingerprint density at radius 3 is 2.44 bits per heavy atom. The van der Waals surface area contributed by atoms with Crippen molar-refractivity contribution in [2.45, 2.75) is 19.4 Å². The molecule has 2 saturated heterocycles. The molecule has 0 aromatic heterocycles. The fraction of sp³-hybridized carbons (Fsp3) is 0.650. The van der Waals surface area contributed by atoms with Crippen molar-refractivity contribution in [3.8, 4) is 0 Å². The fourth-order valence-electron chi connectivity index (χ4n) is 3.80. The molecule has 2 heterocycles. The SMILES string of the molecule is CCN1CCN(CCNC(=NC)NC2CCN(c3ccccc3)C2)CC1.I. The number of anilines is 1. The molecule has 27 heavy (non-hydrogen) atoms. The Morgan fingerprint density at radius 2 is 1.78 bits per heavy atom. The number of aliphatic imine (C=N–C) groups is 1. The highest BCUT2D eigenvalue weighted by Gasteiger charge is 2.23. The third-order valence-electron chi connectivity index (χ3n) is 5.51. The smallest absolute Gasteiger partial charge is 0.191 e. The molecule has 1 atom stereocenters. The van der Waals surface area contributed by atoms with E-state index in [9.17, 15) is 0 Å². The van der Waals surface area contributed by atoms with Crippen molar-refractivity contribution in [2.75, 3.05) is 70.9 Å². The molecule has 2 N–H and O–H groups in total. The second kappa shape index (κ2) is 11.7. The molecule has 0 bridgehead atoms. The quantitative estimate of drug-likeness (QED) is 0.364. The molecule has 3 rings (SSSR count). The number of halogens is 1. The van der Waals surface area contributed by atoms with Gasteiger partial charge in [-0.3, -0.25) is 9.89 Å². The fourth-order valence-corrected chi connectivity index (χ4v) is 3.80. The van der Waals surface area contributed by atoms with Crippen molar-refractivity contribution in [2.24, 2.45) is 4.99 Å². The molecule has 7 heteroatoms. The van der Waals surface area contributed by atoms with Gasteiger partial charge in [0.05, 0.1) is 0 Å². The first-order chi connectivity index (χ1) is 12.8. The number of piperazine rings is 1. The lowest BCUT2D eigenvalue weighted by atomic mass is 10.2. The first kappa shape index (κ1) is 22.2. The van der Waals surface area contributed by atoms with E-state index >= 15 is 0 Å². The third kappa shape index (κ3) is 6.80. The minimum atomic E-state index is 0. The highest BCUT2D eigenvalue weighted by Crippen LogP contribution is 2.19. The summed E-state index contributed by atoms with van der Waals surface area (Å²) in [4.78, 5) is 11.9. The monoisotopic (exact) mass is 486 g/mol. The summed E-state index contributed by atoms with van der Waals surface area (Å²) in [5, 5.41) is 7.08. The standard InChI is InChI=1S/C20H34N6.HI/c1-3-24-13-15-25(16-14-24)12-10-22-20(21-2)23-18-9-11-26(17-18)19-7-5-4-6-8-19;/h4-8,18H,3,9-17H2,1-2H3,(H2,21,22,23);1H. The van der Waals surface area contributed by atoms with Gasteiger partial charge in [0.2, 0.25) is 0 Å².